The smallest absolute Gasteiger partial charge is 0.0984 e. The molecule has 0 atom stereocenters. The number of rotatable bonds is 2. The van der Waals surface area contributed by atoms with Gasteiger partial charge in [-0.2, -0.15) is 11.8 Å². The molecule has 1 N–H and O–H groups in total. The lowest BCUT2D eigenvalue weighted by Gasteiger charge is -2.25. The molecule has 2 aliphatic rings. The Bertz CT molecular complexity index is 327. The zero-order valence-corrected chi connectivity index (χ0v) is 10.4. The van der Waals surface area contributed by atoms with Crippen LogP contribution < -0.4 is 5.32 Å². The summed E-state index contributed by atoms with van der Waals surface area (Å²) < 4.78 is 0. The maximum Gasteiger partial charge on any atom is 0.0984 e. The third kappa shape index (κ3) is 2.08. The molecule has 2 aliphatic heterocycles. The molecule has 0 aromatic carbocycles. The van der Waals surface area contributed by atoms with E-state index in [1.165, 1.54) is 35.0 Å². The Morgan fingerprint density at radius 3 is 2.67 bits per heavy atom. The number of thiazole rings is 1. The van der Waals surface area contributed by atoms with Crippen molar-refractivity contribution in [2.24, 2.45) is 0 Å². The molecule has 4 heteroatoms. The number of hydrogen-bond acceptors (Lipinski definition) is 4. The highest BCUT2D eigenvalue weighted by Crippen LogP contribution is 2.33. The molecule has 1 aromatic heterocycles. The van der Waals surface area contributed by atoms with E-state index in [2.05, 4.69) is 22.5 Å². The average molecular weight is 240 g/mol. The molecule has 0 aliphatic carbocycles. The van der Waals surface area contributed by atoms with Crippen LogP contribution in [0, 0.1) is 0 Å². The van der Waals surface area contributed by atoms with Crippen molar-refractivity contribution in [3.8, 4) is 0 Å². The summed E-state index contributed by atoms with van der Waals surface area (Å²) in [4.78, 5) is 4.83. The first-order chi connectivity index (χ1) is 7.43. The lowest BCUT2D eigenvalue weighted by Crippen LogP contribution is -2.39. The molecule has 2 nitrogen and oxygen atoms in total. The molecule has 82 valence electrons. The predicted octanol–water partition coefficient (Wildman–Crippen LogP) is 2.44. The molecule has 3 heterocycles. The van der Waals surface area contributed by atoms with E-state index in [4.69, 9.17) is 4.98 Å². The van der Waals surface area contributed by atoms with Crippen molar-refractivity contribution in [2.45, 2.75) is 24.7 Å². The van der Waals surface area contributed by atoms with Crippen LogP contribution in [0.2, 0.25) is 0 Å². The van der Waals surface area contributed by atoms with Gasteiger partial charge in [0.1, 0.15) is 0 Å². The van der Waals surface area contributed by atoms with Gasteiger partial charge in [0.2, 0.25) is 0 Å². The van der Waals surface area contributed by atoms with Gasteiger partial charge in [0.15, 0.2) is 0 Å². The summed E-state index contributed by atoms with van der Waals surface area (Å²) in [6.07, 6.45) is 2.66. The minimum Gasteiger partial charge on any atom is -0.315 e. The van der Waals surface area contributed by atoms with Crippen molar-refractivity contribution in [3.05, 3.63) is 16.1 Å². The van der Waals surface area contributed by atoms with Crippen molar-refractivity contribution < 1.29 is 0 Å². The third-order valence-corrected chi connectivity index (χ3v) is 5.38. The van der Waals surface area contributed by atoms with Gasteiger partial charge in [-0.15, -0.1) is 11.3 Å². The van der Waals surface area contributed by atoms with E-state index in [9.17, 15) is 0 Å². The van der Waals surface area contributed by atoms with Gasteiger partial charge in [0.25, 0.3) is 0 Å². The summed E-state index contributed by atoms with van der Waals surface area (Å²) in [6.45, 7) is 2.26. The first-order valence-electron chi connectivity index (χ1n) is 5.67. The Labute approximate surface area is 98.9 Å². The number of thioether (sulfide) groups is 1. The van der Waals surface area contributed by atoms with Crippen LogP contribution in [-0.2, 0) is 0 Å². The Morgan fingerprint density at radius 2 is 2.00 bits per heavy atom. The maximum absolute atomic E-state index is 4.83. The average Bonchev–Trinajstić information content (AvgIpc) is 2.66. The van der Waals surface area contributed by atoms with Gasteiger partial charge in [-0.05, 0) is 24.3 Å². The summed E-state index contributed by atoms with van der Waals surface area (Å²) >= 11 is 3.96. The van der Waals surface area contributed by atoms with Gasteiger partial charge in [-0.1, -0.05) is 0 Å². The van der Waals surface area contributed by atoms with Gasteiger partial charge in [-0.3, -0.25) is 0 Å². The highest BCUT2D eigenvalue weighted by Gasteiger charge is 2.24. The molecule has 3 rings (SSSR count). The second kappa shape index (κ2) is 4.44. The molecule has 0 spiro atoms. The van der Waals surface area contributed by atoms with Crippen LogP contribution in [0.25, 0.3) is 0 Å². The molecule has 2 saturated heterocycles. The summed E-state index contributed by atoms with van der Waals surface area (Å²) in [5.41, 5.74) is 1.38. The van der Waals surface area contributed by atoms with Crippen LogP contribution in [-0.4, -0.2) is 29.6 Å². The van der Waals surface area contributed by atoms with Crippen molar-refractivity contribution in [1.29, 1.82) is 0 Å². The number of hydrogen-bond donors (Lipinski definition) is 1. The fourth-order valence-corrected chi connectivity index (χ4v) is 4.24. The van der Waals surface area contributed by atoms with Crippen molar-refractivity contribution in [3.63, 3.8) is 0 Å². The first-order valence-corrected chi connectivity index (χ1v) is 7.70. The van der Waals surface area contributed by atoms with E-state index in [-0.39, 0.29) is 0 Å². The van der Waals surface area contributed by atoms with E-state index < -0.39 is 0 Å². The number of nitrogens with one attached hydrogen (secondary N) is 1. The Morgan fingerprint density at radius 1 is 1.20 bits per heavy atom. The van der Waals surface area contributed by atoms with Crippen LogP contribution in [0.1, 0.15) is 35.4 Å². The van der Waals surface area contributed by atoms with E-state index in [1.54, 1.807) is 0 Å². The minimum atomic E-state index is 0.710. The molecule has 2 fully saturated rings. The molecule has 1 aromatic rings. The molecular weight excluding hydrogens is 224 g/mol. The fourth-order valence-electron chi connectivity index (χ4n) is 2.13. The van der Waals surface area contributed by atoms with E-state index >= 15 is 0 Å². The van der Waals surface area contributed by atoms with Gasteiger partial charge in [-0.25, -0.2) is 4.98 Å². The predicted molar refractivity (Wildman–Crippen MR) is 67.0 cm³/mol. The maximum atomic E-state index is 4.83. The van der Waals surface area contributed by atoms with Gasteiger partial charge >= 0.3 is 0 Å². The van der Waals surface area contributed by atoms with Crippen LogP contribution in [0.4, 0.5) is 0 Å². The highest BCUT2D eigenvalue weighted by molar-refractivity contribution is 7.99. The molecule has 0 amide bonds. The fraction of sp³-hybridized carbons (Fsp3) is 0.727. The summed E-state index contributed by atoms with van der Waals surface area (Å²) in [5, 5.41) is 6.97. The minimum absolute atomic E-state index is 0.710. The Hall–Kier alpha value is -0.0600. The van der Waals surface area contributed by atoms with Crippen molar-refractivity contribution >= 4 is 23.1 Å². The van der Waals surface area contributed by atoms with Crippen molar-refractivity contribution in [1.82, 2.24) is 10.3 Å². The first kappa shape index (κ1) is 10.1. The molecule has 0 unspecified atom stereocenters. The summed E-state index contributed by atoms with van der Waals surface area (Å²) in [7, 11) is 0. The summed E-state index contributed by atoms with van der Waals surface area (Å²) in [6, 6.07) is 0. The number of aromatic nitrogens is 1. The third-order valence-electron chi connectivity index (χ3n) is 3.31. The topological polar surface area (TPSA) is 24.9 Å². The van der Waals surface area contributed by atoms with Crippen LogP contribution in [0.3, 0.4) is 0 Å². The quantitative estimate of drug-likeness (QED) is 0.859. The standard InChI is InChI=1S/C11H16N2S2/c1-3-14-4-2-8(1)10-7-15-11(13-10)9-5-12-6-9/h7-9,12H,1-6H2. The normalized spacial score (nSPS) is 24.0. The molecule has 0 radical (unpaired) electrons. The SMILES string of the molecule is c1sc(C2CNC2)nc1C1CCSCC1. The monoisotopic (exact) mass is 240 g/mol. The van der Waals surface area contributed by atoms with Gasteiger partial charge < -0.3 is 5.32 Å². The van der Waals surface area contributed by atoms with Gasteiger partial charge in [0, 0.05) is 30.3 Å². The molecule has 0 saturated carbocycles. The number of nitrogens with zero attached hydrogens (tertiary/aromatic N) is 1. The lowest BCUT2D eigenvalue weighted by atomic mass is 9.99. The zero-order valence-electron chi connectivity index (χ0n) is 8.74. The second-order valence-electron chi connectivity index (χ2n) is 4.35. The second-order valence-corrected chi connectivity index (χ2v) is 6.47. The Kier molecular flexibility index (Phi) is 2.99. The summed E-state index contributed by atoms with van der Waals surface area (Å²) in [5.74, 6) is 4.11. The molecule has 15 heavy (non-hydrogen) atoms. The highest BCUT2D eigenvalue weighted by atomic mass is 32.2. The van der Waals surface area contributed by atoms with E-state index in [0.29, 0.717) is 5.92 Å². The van der Waals surface area contributed by atoms with Crippen LogP contribution in [0.5, 0.6) is 0 Å². The van der Waals surface area contributed by atoms with Gasteiger partial charge in [0.05, 0.1) is 10.7 Å². The molecular formula is C11H16N2S2. The van der Waals surface area contributed by atoms with E-state index in [0.717, 1.165) is 19.0 Å². The van der Waals surface area contributed by atoms with Crippen LogP contribution in [0.15, 0.2) is 5.38 Å². The van der Waals surface area contributed by atoms with Crippen molar-refractivity contribution in [2.75, 3.05) is 24.6 Å². The van der Waals surface area contributed by atoms with Crippen LogP contribution >= 0.6 is 23.1 Å². The molecule has 0 bridgehead atoms. The Balaban J connectivity index is 1.71. The zero-order chi connectivity index (χ0) is 10.1. The van der Waals surface area contributed by atoms with E-state index in [1.807, 2.05) is 11.3 Å². The largest absolute Gasteiger partial charge is 0.315 e. The lowest BCUT2D eigenvalue weighted by molar-refractivity contribution is 0.445.